The van der Waals surface area contributed by atoms with Crippen molar-refractivity contribution in [3.63, 3.8) is 0 Å². The van der Waals surface area contributed by atoms with Crippen LogP contribution in [-0.2, 0) is 5.33 Å². The van der Waals surface area contributed by atoms with Crippen molar-refractivity contribution in [2.75, 3.05) is 0 Å². The molecule has 4 rings (SSSR count). The standard InChI is InChI=1S/C19H14BBrNO2/c21-12-13-5-7-14(8-6-13)22-18-4-2-1-3-16(18)17-11-15(24-20-23)9-10-19(17)22/h1-11,23H,12H2. The van der Waals surface area contributed by atoms with Gasteiger partial charge in [0.25, 0.3) is 0 Å². The molecular weight excluding hydrogens is 365 g/mol. The summed E-state index contributed by atoms with van der Waals surface area (Å²) in [4.78, 5) is 0. The van der Waals surface area contributed by atoms with Crippen molar-refractivity contribution in [3.05, 3.63) is 72.3 Å². The lowest BCUT2D eigenvalue weighted by Crippen LogP contribution is -1.99. The van der Waals surface area contributed by atoms with Gasteiger partial charge in [0.05, 0.1) is 11.0 Å². The predicted octanol–water partition coefficient (Wildman–Crippen LogP) is 4.58. The predicted molar refractivity (Wildman–Crippen MR) is 102 cm³/mol. The van der Waals surface area contributed by atoms with Crippen LogP contribution in [0, 0.1) is 0 Å². The number of fused-ring (bicyclic) bond motifs is 3. The maximum Gasteiger partial charge on any atom is 0.569 e. The normalized spacial score (nSPS) is 11.1. The molecule has 3 aromatic carbocycles. The lowest BCUT2D eigenvalue weighted by molar-refractivity contribution is 0.454. The molecule has 0 aliphatic heterocycles. The maximum absolute atomic E-state index is 8.88. The van der Waals surface area contributed by atoms with Crippen LogP contribution in [0.5, 0.6) is 5.75 Å². The van der Waals surface area contributed by atoms with Gasteiger partial charge in [0.2, 0.25) is 0 Å². The minimum absolute atomic E-state index is 0.613. The molecule has 1 aromatic heterocycles. The number of alkyl halides is 1. The quantitative estimate of drug-likeness (QED) is 0.416. The Morgan fingerprint density at radius 3 is 2.42 bits per heavy atom. The second kappa shape index (κ2) is 6.34. The molecule has 117 valence electrons. The van der Waals surface area contributed by atoms with Gasteiger partial charge in [-0.2, -0.15) is 0 Å². The molecule has 0 aliphatic rings. The lowest BCUT2D eigenvalue weighted by Gasteiger charge is -2.09. The number of para-hydroxylation sites is 1. The monoisotopic (exact) mass is 378 g/mol. The molecule has 0 unspecified atom stereocenters. The smallest absolute Gasteiger partial charge is 0.537 e. The zero-order valence-corrected chi connectivity index (χ0v) is 14.4. The molecule has 0 spiro atoms. The summed E-state index contributed by atoms with van der Waals surface area (Å²) in [6.45, 7) is 0. The first-order valence-electron chi connectivity index (χ1n) is 7.63. The highest BCUT2D eigenvalue weighted by Crippen LogP contribution is 2.34. The zero-order chi connectivity index (χ0) is 16.5. The highest BCUT2D eigenvalue weighted by atomic mass is 79.9. The SMILES string of the molecule is O[B]Oc1ccc2c(c1)c1ccccc1n2-c1ccc(CBr)cc1. The first-order chi connectivity index (χ1) is 11.8. The number of hydrogen-bond acceptors (Lipinski definition) is 2. The summed E-state index contributed by atoms with van der Waals surface area (Å²) in [6, 6.07) is 22.7. The summed E-state index contributed by atoms with van der Waals surface area (Å²) in [5.74, 6) is 0.613. The Hall–Kier alpha value is -2.24. The second-order valence-electron chi connectivity index (χ2n) is 5.55. The largest absolute Gasteiger partial charge is 0.569 e. The van der Waals surface area contributed by atoms with E-state index in [1.165, 1.54) is 5.56 Å². The Bertz CT molecular complexity index is 1010. The van der Waals surface area contributed by atoms with Gasteiger partial charge in [-0.05, 0) is 42.0 Å². The van der Waals surface area contributed by atoms with E-state index in [9.17, 15) is 0 Å². The Kier molecular flexibility index (Phi) is 4.04. The van der Waals surface area contributed by atoms with Gasteiger partial charge in [-0.1, -0.05) is 46.3 Å². The van der Waals surface area contributed by atoms with Gasteiger partial charge in [-0.15, -0.1) is 0 Å². The maximum atomic E-state index is 8.88. The van der Waals surface area contributed by atoms with Crippen LogP contribution in [0.2, 0.25) is 0 Å². The number of aromatic nitrogens is 1. The fraction of sp³-hybridized carbons (Fsp3) is 0.0526. The Balaban J connectivity index is 2.01. The van der Waals surface area contributed by atoms with E-state index in [1.54, 1.807) is 0 Å². The zero-order valence-electron chi connectivity index (χ0n) is 12.8. The summed E-state index contributed by atoms with van der Waals surface area (Å²) in [5.41, 5.74) is 4.61. The van der Waals surface area contributed by atoms with Crippen LogP contribution in [0.15, 0.2) is 66.7 Å². The molecule has 5 heteroatoms. The van der Waals surface area contributed by atoms with E-state index in [0.29, 0.717) is 13.4 Å². The summed E-state index contributed by atoms with van der Waals surface area (Å²) in [7, 11) is 0.708. The first kappa shape index (κ1) is 15.3. The molecule has 1 N–H and O–H groups in total. The average Bonchev–Trinajstić information content (AvgIpc) is 2.96. The third-order valence-electron chi connectivity index (χ3n) is 4.18. The Morgan fingerprint density at radius 1 is 0.917 bits per heavy atom. The van der Waals surface area contributed by atoms with Crippen LogP contribution in [-0.4, -0.2) is 17.3 Å². The molecule has 0 saturated heterocycles. The van der Waals surface area contributed by atoms with E-state index in [-0.39, 0.29) is 0 Å². The van der Waals surface area contributed by atoms with Gasteiger partial charge in [-0.25, -0.2) is 0 Å². The summed E-state index contributed by atoms with van der Waals surface area (Å²) in [5, 5.41) is 12.0. The van der Waals surface area contributed by atoms with Crippen LogP contribution >= 0.6 is 15.9 Å². The molecule has 0 amide bonds. The van der Waals surface area contributed by atoms with E-state index in [1.807, 2.05) is 30.3 Å². The van der Waals surface area contributed by atoms with Crippen LogP contribution in [0.25, 0.3) is 27.5 Å². The van der Waals surface area contributed by atoms with Crippen LogP contribution in [0.1, 0.15) is 5.56 Å². The number of benzene rings is 3. The number of hydrogen-bond donors (Lipinski definition) is 1. The van der Waals surface area contributed by atoms with E-state index < -0.39 is 0 Å². The molecule has 0 bridgehead atoms. The third-order valence-corrected chi connectivity index (χ3v) is 4.83. The summed E-state index contributed by atoms with van der Waals surface area (Å²) in [6.07, 6.45) is 0. The van der Waals surface area contributed by atoms with Crippen molar-refractivity contribution < 1.29 is 9.68 Å². The molecule has 1 radical (unpaired) electrons. The van der Waals surface area contributed by atoms with Crippen LogP contribution in [0.4, 0.5) is 0 Å². The first-order valence-corrected chi connectivity index (χ1v) is 8.75. The molecule has 0 fully saturated rings. The van der Waals surface area contributed by atoms with E-state index in [4.69, 9.17) is 9.68 Å². The van der Waals surface area contributed by atoms with Crippen molar-refractivity contribution in [2.45, 2.75) is 5.33 Å². The Morgan fingerprint density at radius 2 is 1.67 bits per heavy atom. The fourth-order valence-electron chi connectivity index (χ4n) is 3.10. The molecule has 1 heterocycles. The number of nitrogens with zero attached hydrogens (tertiary/aromatic N) is 1. The molecular formula is C19H14BBrNO2. The van der Waals surface area contributed by atoms with Crippen molar-refractivity contribution in [2.24, 2.45) is 0 Å². The molecule has 0 saturated carbocycles. The van der Waals surface area contributed by atoms with E-state index in [0.717, 1.165) is 32.8 Å². The molecule has 4 aromatic rings. The minimum atomic E-state index is 0.613. The highest BCUT2D eigenvalue weighted by molar-refractivity contribution is 9.08. The van der Waals surface area contributed by atoms with Crippen LogP contribution < -0.4 is 4.65 Å². The van der Waals surface area contributed by atoms with Gasteiger partial charge in [0.1, 0.15) is 5.75 Å². The number of halogens is 1. The van der Waals surface area contributed by atoms with Crippen LogP contribution in [0.3, 0.4) is 0 Å². The van der Waals surface area contributed by atoms with Crippen molar-refractivity contribution in [1.82, 2.24) is 4.57 Å². The van der Waals surface area contributed by atoms with Gasteiger partial charge in [0, 0.05) is 21.8 Å². The molecule has 24 heavy (non-hydrogen) atoms. The van der Waals surface area contributed by atoms with Gasteiger partial charge >= 0.3 is 7.69 Å². The lowest BCUT2D eigenvalue weighted by atomic mass is 10.1. The summed E-state index contributed by atoms with van der Waals surface area (Å²) < 4.78 is 7.37. The van der Waals surface area contributed by atoms with Crippen molar-refractivity contribution in [3.8, 4) is 11.4 Å². The molecule has 0 atom stereocenters. The van der Waals surface area contributed by atoms with E-state index >= 15 is 0 Å². The van der Waals surface area contributed by atoms with Gasteiger partial charge in [-0.3, -0.25) is 0 Å². The fourth-order valence-corrected chi connectivity index (χ4v) is 3.47. The number of rotatable bonds is 4. The van der Waals surface area contributed by atoms with Gasteiger partial charge < -0.3 is 14.2 Å². The topological polar surface area (TPSA) is 34.4 Å². The van der Waals surface area contributed by atoms with E-state index in [2.05, 4.69) is 56.9 Å². The molecule has 3 nitrogen and oxygen atoms in total. The second-order valence-corrected chi connectivity index (χ2v) is 6.12. The Labute approximate surface area is 148 Å². The molecule has 0 aliphatic carbocycles. The highest BCUT2D eigenvalue weighted by Gasteiger charge is 2.12. The van der Waals surface area contributed by atoms with Crippen molar-refractivity contribution >= 4 is 45.4 Å². The third kappa shape index (κ3) is 2.50. The van der Waals surface area contributed by atoms with Crippen molar-refractivity contribution in [1.29, 1.82) is 0 Å². The summed E-state index contributed by atoms with van der Waals surface area (Å²) >= 11 is 3.49. The average molecular weight is 379 g/mol. The minimum Gasteiger partial charge on any atom is -0.537 e. The van der Waals surface area contributed by atoms with Gasteiger partial charge in [0.15, 0.2) is 0 Å².